The Bertz CT molecular complexity index is 1050. The molecule has 0 spiro atoms. The largest absolute Gasteiger partial charge is 0.481 e. The predicted octanol–water partition coefficient (Wildman–Crippen LogP) is 1.35. The highest BCUT2D eigenvalue weighted by Crippen LogP contribution is 2.28. The molecule has 0 aromatic heterocycles. The van der Waals surface area contributed by atoms with E-state index in [4.69, 9.17) is 4.74 Å². The smallest absolute Gasteiger partial charge is 0.325 e. The van der Waals surface area contributed by atoms with Crippen LogP contribution in [0.1, 0.15) is 19.4 Å². The molecule has 1 aliphatic heterocycles. The lowest BCUT2D eigenvalue weighted by Gasteiger charge is -2.22. The molecule has 11 heteroatoms. The van der Waals surface area contributed by atoms with Crippen molar-refractivity contribution in [3.8, 4) is 5.75 Å². The summed E-state index contributed by atoms with van der Waals surface area (Å²) in [6.07, 6.45) is -1.03. The first-order chi connectivity index (χ1) is 15.1. The molecule has 1 aliphatic rings. The lowest BCUT2D eigenvalue weighted by atomic mass is 9.92. The average molecular weight is 446 g/mol. The van der Waals surface area contributed by atoms with Gasteiger partial charge in [0.1, 0.15) is 29.5 Å². The van der Waals surface area contributed by atoms with Gasteiger partial charge in [-0.2, -0.15) is 0 Å². The Balaban J connectivity index is 1.54. The maximum atomic E-state index is 13.2. The van der Waals surface area contributed by atoms with Gasteiger partial charge in [0.15, 0.2) is 6.10 Å². The number of imide groups is 1. The van der Waals surface area contributed by atoms with Gasteiger partial charge in [-0.15, -0.1) is 0 Å². The Morgan fingerprint density at radius 1 is 1.03 bits per heavy atom. The van der Waals surface area contributed by atoms with Crippen LogP contribution < -0.4 is 20.9 Å². The molecule has 1 fully saturated rings. The summed E-state index contributed by atoms with van der Waals surface area (Å²) in [5, 5.41) is 2.49. The van der Waals surface area contributed by atoms with Gasteiger partial charge in [-0.05, 0) is 55.8 Å². The molecule has 32 heavy (non-hydrogen) atoms. The topological polar surface area (TPSA) is 117 Å². The number of urea groups is 1. The molecular formula is C21H20F2N4O5. The van der Waals surface area contributed by atoms with Gasteiger partial charge < -0.3 is 10.1 Å². The van der Waals surface area contributed by atoms with E-state index in [1.54, 1.807) is 0 Å². The second-order valence-corrected chi connectivity index (χ2v) is 7.20. The molecular weight excluding hydrogens is 426 g/mol. The molecule has 0 saturated carbocycles. The van der Waals surface area contributed by atoms with Crippen LogP contribution in [0, 0.1) is 11.6 Å². The number of hydrogen-bond acceptors (Lipinski definition) is 5. The fourth-order valence-electron chi connectivity index (χ4n) is 3.01. The zero-order valence-corrected chi connectivity index (χ0v) is 17.1. The minimum absolute atomic E-state index is 0.250. The van der Waals surface area contributed by atoms with Crippen molar-refractivity contribution in [2.45, 2.75) is 25.5 Å². The first-order valence-electron chi connectivity index (χ1n) is 9.51. The quantitative estimate of drug-likeness (QED) is 0.458. The van der Waals surface area contributed by atoms with E-state index in [0.717, 1.165) is 12.1 Å². The second-order valence-electron chi connectivity index (χ2n) is 7.20. The summed E-state index contributed by atoms with van der Waals surface area (Å²) in [6.45, 7) is 2.19. The Labute approximate surface area is 181 Å². The monoisotopic (exact) mass is 446 g/mol. The number of carbonyl (C=O) groups excluding carboxylic acids is 4. The second kappa shape index (κ2) is 9.00. The highest BCUT2D eigenvalue weighted by Gasteiger charge is 2.49. The van der Waals surface area contributed by atoms with Gasteiger partial charge in [-0.1, -0.05) is 12.1 Å². The molecule has 1 saturated heterocycles. The van der Waals surface area contributed by atoms with Crippen LogP contribution in [0.2, 0.25) is 0 Å². The van der Waals surface area contributed by atoms with Crippen molar-refractivity contribution in [1.29, 1.82) is 0 Å². The lowest BCUT2D eigenvalue weighted by Crippen LogP contribution is -2.51. The van der Waals surface area contributed by atoms with E-state index in [9.17, 15) is 28.0 Å². The van der Waals surface area contributed by atoms with Crippen LogP contribution in [0.5, 0.6) is 5.75 Å². The van der Waals surface area contributed by atoms with Crippen LogP contribution in [0.15, 0.2) is 48.5 Å². The van der Waals surface area contributed by atoms with Crippen LogP contribution in [0.25, 0.3) is 0 Å². The van der Waals surface area contributed by atoms with Crippen LogP contribution in [0.4, 0.5) is 13.6 Å². The molecule has 168 valence electrons. The molecule has 2 aromatic rings. The van der Waals surface area contributed by atoms with E-state index >= 15 is 0 Å². The van der Waals surface area contributed by atoms with Crippen molar-refractivity contribution in [2.24, 2.45) is 0 Å². The number of hydrazine groups is 1. The number of amides is 5. The predicted molar refractivity (Wildman–Crippen MR) is 107 cm³/mol. The number of carbonyl (C=O) groups is 4. The summed E-state index contributed by atoms with van der Waals surface area (Å²) < 4.78 is 31.4. The first-order valence-corrected chi connectivity index (χ1v) is 9.51. The zero-order chi connectivity index (χ0) is 23.5. The molecule has 0 aliphatic carbocycles. The summed E-state index contributed by atoms with van der Waals surface area (Å²) in [5.74, 6) is -2.96. The standard InChI is InChI=1S/C21H20F2N4O5/c1-12(32-16-9-7-15(23)8-10-16)18(29)26-25-17(28)11-27-19(30)21(2,24-20(27)31)13-3-5-14(22)6-4-13/h3-10,12H,11H2,1-2H3,(H,24,31)(H,25,28)(H,26,29). The van der Waals surface area contributed by atoms with E-state index < -0.39 is 53.6 Å². The SMILES string of the molecule is CC(Oc1ccc(F)cc1)C(=O)NNC(=O)CN1C(=O)NC(C)(c2ccc(F)cc2)C1=O. The fraction of sp³-hybridized carbons (Fsp3) is 0.238. The summed E-state index contributed by atoms with van der Waals surface area (Å²) in [7, 11) is 0. The summed E-state index contributed by atoms with van der Waals surface area (Å²) in [6, 6.07) is 9.23. The summed E-state index contributed by atoms with van der Waals surface area (Å²) in [5.41, 5.74) is 3.11. The van der Waals surface area contributed by atoms with Gasteiger partial charge in [-0.25, -0.2) is 13.6 Å². The molecule has 2 atom stereocenters. The molecule has 3 rings (SSSR count). The van der Waals surface area contributed by atoms with Crippen LogP contribution >= 0.6 is 0 Å². The molecule has 5 amide bonds. The summed E-state index contributed by atoms with van der Waals surface area (Å²) in [4.78, 5) is 50.0. The van der Waals surface area contributed by atoms with Gasteiger partial charge >= 0.3 is 6.03 Å². The number of hydrogen-bond donors (Lipinski definition) is 3. The molecule has 2 unspecified atom stereocenters. The van der Waals surface area contributed by atoms with Gasteiger partial charge in [0.25, 0.3) is 17.7 Å². The van der Waals surface area contributed by atoms with Crippen LogP contribution in [-0.4, -0.2) is 41.3 Å². The summed E-state index contributed by atoms with van der Waals surface area (Å²) >= 11 is 0. The Hall–Kier alpha value is -4.02. The fourth-order valence-corrected chi connectivity index (χ4v) is 3.01. The van der Waals surface area contributed by atoms with E-state index in [-0.39, 0.29) is 5.75 Å². The maximum absolute atomic E-state index is 13.2. The van der Waals surface area contributed by atoms with Crippen molar-refractivity contribution in [1.82, 2.24) is 21.1 Å². The Morgan fingerprint density at radius 2 is 1.59 bits per heavy atom. The van der Waals surface area contributed by atoms with Crippen LogP contribution in [-0.2, 0) is 19.9 Å². The van der Waals surface area contributed by atoms with E-state index in [1.165, 1.54) is 50.2 Å². The van der Waals surface area contributed by atoms with Crippen molar-refractivity contribution < 1.29 is 32.7 Å². The first kappa shape index (κ1) is 22.7. The molecule has 9 nitrogen and oxygen atoms in total. The molecule has 1 heterocycles. The molecule has 0 radical (unpaired) electrons. The van der Waals surface area contributed by atoms with Gasteiger partial charge in [0.2, 0.25) is 0 Å². The number of benzene rings is 2. The Kier molecular flexibility index (Phi) is 6.37. The number of halogens is 2. The highest BCUT2D eigenvalue weighted by molar-refractivity contribution is 6.09. The maximum Gasteiger partial charge on any atom is 0.325 e. The zero-order valence-electron chi connectivity index (χ0n) is 17.1. The van der Waals surface area contributed by atoms with Gasteiger partial charge in [0, 0.05) is 0 Å². The van der Waals surface area contributed by atoms with Gasteiger partial charge in [-0.3, -0.25) is 30.1 Å². The number of ether oxygens (including phenoxy) is 1. The third kappa shape index (κ3) is 4.82. The highest BCUT2D eigenvalue weighted by atomic mass is 19.1. The normalized spacial score (nSPS) is 18.7. The van der Waals surface area contributed by atoms with E-state index in [2.05, 4.69) is 16.2 Å². The third-order valence-corrected chi connectivity index (χ3v) is 4.82. The lowest BCUT2D eigenvalue weighted by molar-refractivity contribution is -0.136. The van der Waals surface area contributed by atoms with Crippen molar-refractivity contribution >= 4 is 23.8 Å². The average Bonchev–Trinajstić information content (AvgIpc) is 2.97. The molecule has 0 bridgehead atoms. The number of nitrogens with one attached hydrogen (secondary N) is 3. The van der Waals surface area contributed by atoms with Crippen LogP contribution in [0.3, 0.4) is 0 Å². The third-order valence-electron chi connectivity index (χ3n) is 4.82. The van der Waals surface area contributed by atoms with Gasteiger partial charge in [0.05, 0.1) is 0 Å². The number of nitrogens with zero attached hydrogens (tertiary/aromatic N) is 1. The minimum atomic E-state index is -1.47. The Morgan fingerprint density at radius 3 is 2.19 bits per heavy atom. The minimum Gasteiger partial charge on any atom is -0.481 e. The van der Waals surface area contributed by atoms with Crippen molar-refractivity contribution in [3.05, 3.63) is 65.7 Å². The number of rotatable bonds is 6. The molecule has 2 aromatic carbocycles. The van der Waals surface area contributed by atoms with Crippen molar-refractivity contribution in [3.63, 3.8) is 0 Å². The van der Waals surface area contributed by atoms with Crippen molar-refractivity contribution in [2.75, 3.05) is 6.54 Å². The van der Waals surface area contributed by atoms with E-state index in [0.29, 0.717) is 10.5 Å². The van der Waals surface area contributed by atoms with E-state index in [1.807, 2.05) is 0 Å². The molecule has 3 N–H and O–H groups in total.